The van der Waals surface area contributed by atoms with Gasteiger partial charge in [-0.1, -0.05) is 17.7 Å². The molecule has 122 valence electrons. The van der Waals surface area contributed by atoms with Crippen LogP contribution >= 0.6 is 11.6 Å². The molecule has 0 saturated carbocycles. The second kappa shape index (κ2) is 7.61. The molecule has 0 aliphatic carbocycles. The highest BCUT2D eigenvalue weighted by Gasteiger charge is 2.16. The van der Waals surface area contributed by atoms with Gasteiger partial charge in [-0.25, -0.2) is 0 Å². The normalized spacial score (nSPS) is 11.4. The van der Waals surface area contributed by atoms with Crippen LogP contribution < -0.4 is 10.6 Å². The van der Waals surface area contributed by atoms with E-state index < -0.39 is 0 Å². The maximum atomic E-state index is 12.0. The van der Waals surface area contributed by atoms with Crippen LogP contribution in [-0.2, 0) is 9.59 Å². The highest BCUT2D eigenvalue weighted by Crippen LogP contribution is 2.22. The fourth-order valence-electron chi connectivity index (χ4n) is 1.94. The maximum Gasteiger partial charge on any atom is 0.238 e. The predicted octanol–water partition coefficient (Wildman–Crippen LogP) is 2.43. The van der Waals surface area contributed by atoms with Gasteiger partial charge in [0.15, 0.2) is 0 Å². The number of hydrogen-bond acceptors (Lipinski definition) is 3. The van der Waals surface area contributed by atoms with Crippen LogP contribution in [0.25, 0.3) is 0 Å². The lowest BCUT2D eigenvalue weighted by molar-refractivity contribution is -0.124. The zero-order chi connectivity index (χ0) is 16.9. The number of anilines is 1. The minimum Gasteiger partial charge on any atom is -0.350 e. The van der Waals surface area contributed by atoms with Crippen molar-refractivity contribution in [1.82, 2.24) is 10.2 Å². The Morgan fingerprint density at radius 3 is 2.36 bits per heavy atom. The molecule has 0 fully saturated rings. The summed E-state index contributed by atoms with van der Waals surface area (Å²) >= 11 is 6.02. The third-order valence-electron chi connectivity index (χ3n) is 2.88. The number of hydrogen-bond donors (Lipinski definition) is 2. The number of carbonyl (C=O) groups excluding carboxylic acids is 2. The Bertz CT molecular complexity index is 553. The number of rotatable bonds is 5. The summed E-state index contributed by atoms with van der Waals surface area (Å²) in [5.41, 5.74) is 1.23. The van der Waals surface area contributed by atoms with E-state index in [9.17, 15) is 9.59 Å². The molecular weight excluding hydrogens is 302 g/mol. The molecule has 0 unspecified atom stereocenters. The van der Waals surface area contributed by atoms with Crippen LogP contribution in [0.2, 0.25) is 5.02 Å². The van der Waals surface area contributed by atoms with E-state index in [4.69, 9.17) is 11.6 Å². The van der Waals surface area contributed by atoms with Crippen molar-refractivity contribution in [3.8, 4) is 0 Å². The van der Waals surface area contributed by atoms with Gasteiger partial charge >= 0.3 is 0 Å². The summed E-state index contributed by atoms with van der Waals surface area (Å²) in [6.45, 7) is 7.89. The van der Waals surface area contributed by atoms with Crippen molar-refractivity contribution in [2.75, 3.05) is 25.5 Å². The molecule has 5 nitrogen and oxygen atoms in total. The van der Waals surface area contributed by atoms with Crippen LogP contribution in [0.3, 0.4) is 0 Å². The van der Waals surface area contributed by atoms with E-state index in [0.717, 1.165) is 5.56 Å². The van der Waals surface area contributed by atoms with Crippen molar-refractivity contribution in [3.63, 3.8) is 0 Å². The zero-order valence-corrected chi connectivity index (χ0v) is 14.5. The van der Waals surface area contributed by atoms with Crippen LogP contribution in [-0.4, -0.2) is 42.4 Å². The van der Waals surface area contributed by atoms with Gasteiger partial charge in [-0.2, -0.15) is 0 Å². The molecule has 0 saturated heterocycles. The second-order valence-electron chi connectivity index (χ2n) is 6.43. The van der Waals surface area contributed by atoms with E-state index in [1.165, 1.54) is 0 Å². The lowest BCUT2D eigenvalue weighted by Crippen LogP contribution is -2.46. The van der Waals surface area contributed by atoms with Crippen LogP contribution in [0.5, 0.6) is 0 Å². The second-order valence-corrected chi connectivity index (χ2v) is 6.84. The molecule has 0 atom stereocenters. The van der Waals surface area contributed by atoms with Gasteiger partial charge in [-0.15, -0.1) is 0 Å². The average molecular weight is 326 g/mol. The van der Waals surface area contributed by atoms with Gasteiger partial charge in [0.05, 0.1) is 13.1 Å². The Morgan fingerprint density at radius 1 is 1.18 bits per heavy atom. The number of nitrogens with zero attached hydrogens (tertiary/aromatic N) is 1. The summed E-state index contributed by atoms with van der Waals surface area (Å²) in [6.07, 6.45) is 0. The number of likely N-dealkylation sites (N-methyl/N-ethyl adjacent to an activating group) is 1. The molecule has 1 rings (SSSR count). The lowest BCUT2D eigenvalue weighted by Gasteiger charge is -2.23. The molecule has 0 spiro atoms. The third-order valence-corrected chi connectivity index (χ3v) is 3.29. The van der Waals surface area contributed by atoms with E-state index in [0.29, 0.717) is 10.7 Å². The molecule has 2 amide bonds. The summed E-state index contributed by atoms with van der Waals surface area (Å²) in [5.74, 6) is -0.293. The van der Waals surface area contributed by atoms with Crippen LogP contribution in [0.1, 0.15) is 26.3 Å². The van der Waals surface area contributed by atoms with E-state index in [1.807, 2.05) is 27.7 Å². The first kappa shape index (κ1) is 18.5. The van der Waals surface area contributed by atoms with E-state index >= 15 is 0 Å². The summed E-state index contributed by atoms with van der Waals surface area (Å²) < 4.78 is 0. The van der Waals surface area contributed by atoms with E-state index in [2.05, 4.69) is 10.6 Å². The molecule has 0 radical (unpaired) electrons. The van der Waals surface area contributed by atoms with E-state index in [1.54, 1.807) is 30.1 Å². The van der Waals surface area contributed by atoms with Crippen molar-refractivity contribution in [1.29, 1.82) is 0 Å². The fourth-order valence-corrected chi connectivity index (χ4v) is 2.11. The Hall–Kier alpha value is -1.59. The van der Waals surface area contributed by atoms with Crippen molar-refractivity contribution < 1.29 is 9.59 Å². The van der Waals surface area contributed by atoms with E-state index in [-0.39, 0.29) is 30.4 Å². The largest absolute Gasteiger partial charge is 0.350 e. The molecular formula is C16H24ClN3O2. The third kappa shape index (κ3) is 6.45. The summed E-state index contributed by atoms with van der Waals surface area (Å²) in [5, 5.41) is 6.27. The Kier molecular flexibility index (Phi) is 6.38. The lowest BCUT2D eigenvalue weighted by atomic mass is 10.1. The number of benzene rings is 1. The van der Waals surface area contributed by atoms with Gasteiger partial charge in [-0.3, -0.25) is 14.5 Å². The molecule has 0 aromatic heterocycles. The molecule has 6 heteroatoms. The minimum absolute atomic E-state index is 0.110. The van der Waals surface area contributed by atoms with Crippen molar-refractivity contribution in [2.24, 2.45) is 0 Å². The number of amides is 2. The molecule has 0 aliphatic heterocycles. The topological polar surface area (TPSA) is 61.4 Å². The number of carbonyl (C=O) groups is 2. The zero-order valence-electron chi connectivity index (χ0n) is 13.8. The standard InChI is InChI=1S/C16H24ClN3O2/c1-11-12(17)7-6-8-13(11)18-14(21)9-20(5)10-15(22)19-16(2,3)4/h6-8H,9-10H2,1-5H3,(H,18,21)(H,19,22). The van der Waals surface area contributed by atoms with Crippen LogP contribution in [0.4, 0.5) is 5.69 Å². The molecule has 22 heavy (non-hydrogen) atoms. The fraction of sp³-hybridized carbons (Fsp3) is 0.500. The van der Waals surface area contributed by atoms with Gasteiger partial charge < -0.3 is 10.6 Å². The quantitative estimate of drug-likeness (QED) is 0.874. The molecule has 2 N–H and O–H groups in total. The van der Waals surface area contributed by atoms with Crippen molar-refractivity contribution >= 4 is 29.1 Å². The Balaban J connectivity index is 2.51. The highest BCUT2D eigenvalue weighted by molar-refractivity contribution is 6.31. The van der Waals surface area contributed by atoms with Gasteiger partial charge in [-0.05, 0) is 52.4 Å². The summed E-state index contributed by atoms with van der Waals surface area (Å²) in [6, 6.07) is 5.35. The molecule has 1 aromatic rings. The summed E-state index contributed by atoms with van der Waals surface area (Å²) in [4.78, 5) is 25.5. The van der Waals surface area contributed by atoms with Crippen molar-refractivity contribution in [3.05, 3.63) is 28.8 Å². The molecule has 1 aromatic carbocycles. The predicted molar refractivity (Wildman–Crippen MR) is 90.2 cm³/mol. The smallest absolute Gasteiger partial charge is 0.238 e. The summed E-state index contributed by atoms with van der Waals surface area (Å²) in [7, 11) is 1.73. The Labute approximate surface area is 137 Å². The molecule has 0 bridgehead atoms. The van der Waals surface area contributed by atoms with Gasteiger partial charge in [0.1, 0.15) is 0 Å². The van der Waals surface area contributed by atoms with Gasteiger partial charge in [0, 0.05) is 16.2 Å². The van der Waals surface area contributed by atoms with Crippen LogP contribution in [0.15, 0.2) is 18.2 Å². The minimum atomic E-state index is -0.280. The first-order chi connectivity index (χ1) is 10.1. The van der Waals surface area contributed by atoms with Crippen molar-refractivity contribution in [2.45, 2.75) is 33.2 Å². The van der Waals surface area contributed by atoms with Gasteiger partial charge in [0.25, 0.3) is 0 Å². The SMILES string of the molecule is Cc1c(Cl)cccc1NC(=O)CN(C)CC(=O)NC(C)(C)C. The molecule has 0 heterocycles. The van der Waals surface area contributed by atoms with Gasteiger partial charge in [0.2, 0.25) is 11.8 Å². The first-order valence-corrected chi connectivity index (χ1v) is 7.51. The number of nitrogens with one attached hydrogen (secondary N) is 2. The van der Waals surface area contributed by atoms with Crippen LogP contribution in [0, 0.1) is 6.92 Å². The first-order valence-electron chi connectivity index (χ1n) is 7.13. The monoisotopic (exact) mass is 325 g/mol. The maximum absolute atomic E-state index is 12.0. The number of halogens is 1. The highest BCUT2D eigenvalue weighted by atomic mass is 35.5. The average Bonchev–Trinajstić information content (AvgIpc) is 2.31. The molecule has 0 aliphatic rings. The Morgan fingerprint density at radius 2 is 1.77 bits per heavy atom.